The van der Waals surface area contributed by atoms with Gasteiger partial charge in [-0.15, -0.1) is 0 Å². The summed E-state index contributed by atoms with van der Waals surface area (Å²) in [6, 6.07) is 12.7. The molecule has 0 saturated carbocycles. The molecule has 0 radical (unpaired) electrons. The maximum absolute atomic E-state index is 5.49. The summed E-state index contributed by atoms with van der Waals surface area (Å²) in [5, 5.41) is 3.41. The Bertz CT molecular complexity index is 1230. The molecule has 166 valence electrons. The van der Waals surface area contributed by atoms with E-state index in [1.165, 1.54) is 23.2 Å². The fourth-order valence-electron chi connectivity index (χ4n) is 4.96. The molecular formula is C27H27N5O. The SMILES string of the molecule is C=C(N[C@@H](C)c1ccccc1)c1ncc(C2=CCc3ncc(N4CCC45COC5)cc32)cn1. The maximum atomic E-state index is 5.49. The summed E-state index contributed by atoms with van der Waals surface area (Å²) in [5.74, 6) is 0.611. The second-order valence-corrected chi connectivity index (χ2v) is 9.18. The third-order valence-electron chi connectivity index (χ3n) is 7.10. The van der Waals surface area contributed by atoms with Crippen LogP contribution >= 0.6 is 0 Å². The molecule has 4 heterocycles. The van der Waals surface area contributed by atoms with Crippen LogP contribution in [0.2, 0.25) is 0 Å². The average Bonchev–Trinajstić information content (AvgIpc) is 3.21. The Kier molecular flexibility index (Phi) is 4.76. The van der Waals surface area contributed by atoms with Crippen LogP contribution in [0.4, 0.5) is 5.69 Å². The Hall–Kier alpha value is -3.51. The molecule has 2 aliphatic heterocycles. The first-order chi connectivity index (χ1) is 16.1. The predicted molar refractivity (Wildman–Crippen MR) is 130 cm³/mol. The van der Waals surface area contributed by atoms with Gasteiger partial charge in [-0.3, -0.25) is 4.98 Å². The number of nitrogens with one attached hydrogen (secondary N) is 1. The van der Waals surface area contributed by atoms with Crippen molar-refractivity contribution in [1.82, 2.24) is 20.3 Å². The fraction of sp³-hybridized carbons (Fsp3) is 0.296. The summed E-state index contributed by atoms with van der Waals surface area (Å²) in [7, 11) is 0. The van der Waals surface area contributed by atoms with E-state index in [1.54, 1.807) is 0 Å². The number of hydrogen-bond acceptors (Lipinski definition) is 6. The molecule has 33 heavy (non-hydrogen) atoms. The normalized spacial score (nSPS) is 18.7. The van der Waals surface area contributed by atoms with Gasteiger partial charge in [-0.1, -0.05) is 43.0 Å². The lowest BCUT2D eigenvalue weighted by atomic mass is 9.82. The highest BCUT2D eigenvalue weighted by atomic mass is 16.5. The van der Waals surface area contributed by atoms with E-state index in [1.807, 2.05) is 36.8 Å². The Labute approximate surface area is 194 Å². The summed E-state index contributed by atoms with van der Waals surface area (Å²) in [6.45, 7) is 8.97. The molecule has 1 aromatic carbocycles. The van der Waals surface area contributed by atoms with E-state index in [-0.39, 0.29) is 11.6 Å². The number of nitrogens with zero attached hydrogens (tertiary/aromatic N) is 4. The number of hydrogen-bond donors (Lipinski definition) is 1. The number of allylic oxidation sites excluding steroid dienone is 1. The van der Waals surface area contributed by atoms with Crippen molar-refractivity contribution < 1.29 is 4.74 Å². The minimum atomic E-state index is 0.127. The number of anilines is 1. The molecule has 0 amide bonds. The second-order valence-electron chi connectivity index (χ2n) is 9.18. The predicted octanol–water partition coefficient (Wildman–Crippen LogP) is 4.16. The topological polar surface area (TPSA) is 63.2 Å². The highest BCUT2D eigenvalue weighted by Crippen LogP contribution is 2.42. The van der Waals surface area contributed by atoms with Gasteiger partial charge in [0.25, 0.3) is 0 Å². The van der Waals surface area contributed by atoms with Crippen LogP contribution in [0.15, 0.2) is 67.6 Å². The van der Waals surface area contributed by atoms with Crippen LogP contribution < -0.4 is 10.2 Å². The highest BCUT2D eigenvalue weighted by Gasteiger charge is 2.51. The zero-order chi connectivity index (χ0) is 22.4. The van der Waals surface area contributed by atoms with Crippen molar-refractivity contribution in [3.8, 4) is 0 Å². The van der Waals surface area contributed by atoms with Crippen molar-refractivity contribution in [2.75, 3.05) is 24.7 Å². The molecule has 3 aliphatic rings. The van der Waals surface area contributed by atoms with Gasteiger partial charge in [-0.05, 0) is 30.5 Å². The van der Waals surface area contributed by atoms with Crippen molar-refractivity contribution in [1.29, 1.82) is 0 Å². The summed E-state index contributed by atoms with van der Waals surface area (Å²) in [6.07, 6.45) is 10.1. The van der Waals surface area contributed by atoms with Gasteiger partial charge in [-0.25, -0.2) is 9.97 Å². The van der Waals surface area contributed by atoms with Gasteiger partial charge in [0.05, 0.1) is 42.0 Å². The number of fused-ring (bicyclic) bond motifs is 1. The number of benzene rings is 1. The molecule has 0 bridgehead atoms. The molecule has 2 saturated heterocycles. The van der Waals surface area contributed by atoms with Gasteiger partial charge in [0, 0.05) is 42.5 Å². The number of pyridine rings is 1. The first kappa shape index (κ1) is 20.1. The molecular weight excluding hydrogens is 410 g/mol. The van der Waals surface area contributed by atoms with Gasteiger partial charge in [-0.2, -0.15) is 0 Å². The van der Waals surface area contributed by atoms with E-state index in [2.05, 4.69) is 58.0 Å². The van der Waals surface area contributed by atoms with E-state index in [4.69, 9.17) is 9.72 Å². The quantitative estimate of drug-likeness (QED) is 0.625. The Morgan fingerprint density at radius 3 is 2.58 bits per heavy atom. The summed E-state index contributed by atoms with van der Waals surface area (Å²) in [4.78, 5) is 16.4. The molecule has 2 aromatic heterocycles. The van der Waals surface area contributed by atoms with Crippen LogP contribution in [0.1, 0.15) is 47.6 Å². The molecule has 1 spiro atoms. The number of aromatic nitrogens is 3. The fourth-order valence-corrected chi connectivity index (χ4v) is 4.96. The van der Waals surface area contributed by atoms with E-state index in [9.17, 15) is 0 Å². The average molecular weight is 438 g/mol. The van der Waals surface area contributed by atoms with Gasteiger partial charge >= 0.3 is 0 Å². The van der Waals surface area contributed by atoms with Gasteiger partial charge in [0.2, 0.25) is 0 Å². The highest BCUT2D eigenvalue weighted by molar-refractivity contribution is 5.85. The first-order valence-corrected chi connectivity index (χ1v) is 11.5. The first-order valence-electron chi connectivity index (χ1n) is 11.5. The van der Waals surface area contributed by atoms with Crippen molar-refractivity contribution in [2.45, 2.75) is 31.3 Å². The molecule has 1 atom stereocenters. The Balaban J connectivity index is 1.19. The third kappa shape index (κ3) is 3.42. The molecule has 1 aliphatic carbocycles. The van der Waals surface area contributed by atoms with Crippen molar-refractivity contribution in [2.24, 2.45) is 0 Å². The van der Waals surface area contributed by atoms with Crippen LogP contribution in [0.5, 0.6) is 0 Å². The maximum Gasteiger partial charge on any atom is 0.174 e. The third-order valence-corrected chi connectivity index (χ3v) is 7.10. The zero-order valence-corrected chi connectivity index (χ0v) is 18.8. The van der Waals surface area contributed by atoms with Crippen molar-refractivity contribution in [3.63, 3.8) is 0 Å². The van der Waals surface area contributed by atoms with Crippen LogP contribution in [-0.4, -0.2) is 40.2 Å². The summed E-state index contributed by atoms with van der Waals surface area (Å²) in [5.41, 5.74) is 7.75. The Morgan fingerprint density at radius 1 is 1.12 bits per heavy atom. The minimum absolute atomic E-state index is 0.127. The molecule has 2 fully saturated rings. The summed E-state index contributed by atoms with van der Waals surface area (Å²) < 4.78 is 5.49. The van der Waals surface area contributed by atoms with E-state index >= 15 is 0 Å². The van der Waals surface area contributed by atoms with Crippen molar-refractivity contribution in [3.05, 3.63) is 95.9 Å². The molecule has 6 nitrogen and oxygen atoms in total. The minimum Gasteiger partial charge on any atom is -0.376 e. The monoisotopic (exact) mass is 437 g/mol. The van der Waals surface area contributed by atoms with E-state index < -0.39 is 0 Å². The van der Waals surface area contributed by atoms with Crippen LogP contribution in [-0.2, 0) is 11.2 Å². The zero-order valence-electron chi connectivity index (χ0n) is 18.8. The van der Waals surface area contributed by atoms with Gasteiger partial charge < -0.3 is 15.0 Å². The lowest BCUT2D eigenvalue weighted by Gasteiger charge is -2.58. The number of ether oxygens (including phenoxy) is 1. The Morgan fingerprint density at radius 2 is 1.91 bits per heavy atom. The molecule has 6 heteroatoms. The molecule has 0 unspecified atom stereocenters. The van der Waals surface area contributed by atoms with Crippen molar-refractivity contribution >= 4 is 17.0 Å². The van der Waals surface area contributed by atoms with E-state index in [0.717, 1.165) is 43.0 Å². The van der Waals surface area contributed by atoms with Gasteiger partial charge in [0.1, 0.15) is 0 Å². The lowest BCUT2D eigenvalue weighted by molar-refractivity contribution is -0.0847. The molecule has 1 N–H and O–H groups in total. The largest absolute Gasteiger partial charge is 0.376 e. The van der Waals surface area contributed by atoms with Crippen LogP contribution in [0.3, 0.4) is 0 Å². The second kappa shape index (κ2) is 7.81. The standard InChI is InChI=1S/C27H27N5O/c1-18(20-6-4-3-5-7-20)31-19(2)26-29-13-21(14-30-26)23-8-9-25-24(23)12-22(15-28-25)32-11-10-27(32)16-33-17-27/h3-8,12-15,18,31H,2,9-11,16-17H2,1H3/t18-/m0/s1. The molecule has 3 aromatic rings. The van der Waals surface area contributed by atoms with Crippen LogP contribution in [0, 0.1) is 0 Å². The lowest BCUT2D eigenvalue weighted by Crippen LogP contribution is -2.71. The molecule has 6 rings (SSSR count). The van der Waals surface area contributed by atoms with Gasteiger partial charge in [0.15, 0.2) is 5.82 Å². The van der Waals surface area contributed by atoms with Crippen LogP contribution in [0.25, 0.3) is 11.3 Å². The van der Waals surface area contributed by atoms with E-state index in [0.29, 0.717) is 11.5 Å². The number of rotatable bonds is 6. The summed E-state index contributed by atoms with van der Waals surface area (Å²) >= 11 is 0. The smallest absolute Gasteiger partial charge is 0.174 e.